The topological polar surface area (TPSA) is 66.5 Å². The Labute approximate surface area is 139 Å². The lowest BCUT2D eigenvalue weighted by molar-refractivity contribution is -0.127. The number of piperidine rings is 1. The molecule has 1 heterocycles. The SMILES string of the molecule is Cc1cccc(S(=O)(=O)N2CCC(C(=O)NC(C)(C)C)CC2)c1. The van der Waals surface area contributed by atoms with E-state index in [1.54, 1.807) is 18.2 Å². The highest BCUT2D eigenvalue weighted by molar-refractivity contribution is 7.89. The van der Waals surface area contributed by atoms with Gasteiger partial charge in [0.25, 0.3) is 0 Å². The number of hydrogen-bond acceptors (Lipinski definition) is 3. The maximum Gasteiger partial charge on any atom is 0.243 e. The van der Waals surface area contributed by atoms with E-state index in [2.05, 4.69) is 5.32 Å². The first kappa shape index (κ1) is 17.9. The van der Waals surface area contributed by atoms with E-state index in [9.17, 15) is 13.2 Å². The van der Waals surface area contributed by atoms with Gasteiger partial charge in [0.1, 0.15) is 0 Å². The number of aryl methyl sites for hydroxylation is 1. The summed E-state index contributed by atoms with van der Waals surface area (Å²) in [6.45, 7) is 8.49. The zero-order chi connectivity index (χ0) is 17.3. The number of benzene rings is 1. The van der Waals surface area contributed by atoms with E-state index < -0.39 is 10.0 Å². The van der Waals surface area contributed by atoms with E-state index in [-0.39, 0.29) is 17.4 Å². The van der Waals surface area contributed by atoms with Gasteiger partial charge in [0.2, 0.25) is 15.9 Å². The minimum atomic E-state index is -3.47. The Morgan fingerprint density at radius 2 is 1.83 bits per heavy atom. The van der Waals surface area contributed by atoms with Crippen LogP contribution in [0.4, 0.5) is 0 Å². The summed E-state index contributed by atoms with van der Waals surface area (Å²) in [6.07, 6.45) is 1.12. The number of nitrogens with one attached hydrogen (secondary N) is 1. The highest BCUT2D eigenvalue weighted by Gasteiger charge is 2.32. The molecule has 1 amide bonds. The summed E-state index contributed by atoms with van der Waals surface area (Å²) in [5.74, 6) is -0.0942. The zero-order valence-corrected chi connectivity index (χ0v) is 15.1. The van der Waals surface area contributed by atoms with Gasteiger partial charge in [-0.3, -0.25) is 4.79 Å². The molecule has 0 aromatic heterocycles. The highest BCUT2D eigenvalue weighted by Crippen LogP contribution is 2.24. The predicted molar refractivity (Wildman–Crippen MR) is 90.6 cm³/mol. The number of nitrogens with zero attached hydrogens (tertiary/aromatic N) is 1. The summed E-state index contributed by atoms with van der Waals surface area (Å²) in [4.78, 5) is 12.5. The number of carbonyl (C=O) groups is 1. The largest absolute Gasteiger partial charge is 0.351 e. The highest BCUT2D eigenvalue weighted by atomic mass is 32.2. The molecule has 0 aliphatic carbocycles. The molecule has 0 radical (unpaired) electrons. The molecule has 1 aliphatic rings. The van der Waals surface area contributed by atoms with Crippen molar-refractivity contribution in [3.8, 4) is 0 Å². The third-order valence-corrected chi connectivity index (χ3v) is 5.84. The van der Waals surface area contributed by atoms with Crippen LogP contribution in [0.25, 0.3) is 0 Å². The van der Waals surface area contributed by atoms with Crippen LogP contribution < -0.4 is 5.32 Å². The Morgan fingerprint density at radius 3 is 2.35 bits per heavy atom. The van der Waals surface area contributed by atoms with Crippen molar-refractivity contribution in [2.45, 2.75) is 51.0 Å². The second-order valence-corrected chi connectivity index (χ2v) is 9.17. The lowest BCUT2D eigenvalue weighted by Crippen LogP contribution is -2.47. The molecule has 1 aromatic rings. The van der Waals surface area contributed by atoms with E-state index in [1.165, 1.54) is 4.31 Å². The first-order chi connectivity index (χ1) is 10.6. The van der Waals surface area contributed by atoms with Gasteiger partial charge in [-0.05, 0) is 58.2 Å². The van der Waals surface area contributed by atoms with Gasteiger partial charge in [-0.1, -0.05) is 12.1 Å². The molecule has 0 saturated carbocycles. The zero-order valence-electron chi connectivity index (χ0n) is 14.3. The fourth-order valence-corrected chi connectivity index (χ4v) is 4.33. The summed E-state index contributed by atoms with van der Waals surface area (Å²) in [7, 11) is -3.47. The minimum Gasteiger partial charge on any atom is -0.351 e. The van der Waals surface area contributed by atoms with Crippen molar-refractivity contribution in [3.05, 3.63) is 29.8 Å². The van der Waals surface area contributed by atoms with Crippen molar-refractivity contribution in [3.63, 3.8) is 0 Å². The van der Waals surface area contributed by atoms with E-state index >= 15 is 0 Å². The van der Waals surface area contributed by atoms with E-state index in [4.69, 9.17) is 0 Å². The molecule has 0 bridgehead atoms. The molecule has 0 spiro atoms. The van der Waals surface area contributed by atoms with Crippen molar-refractivity contribution in [1.29, 1.82) is 0 Å². The quantitative estimate of drug-likeness (QED) is 0.920. The van der Waals surface area contributed by atoms with Gasteiger partial charge in [0, 0.05) is 24.5 Å². The van der Waals surface area contributed by atoms with Gasteiger partial charge in [0.05, 0.1) is 4.90 Å². The fraction of sp³-hybridized carbons (Fsp3) is 0.588. The molecule has 1 saturated heterocycles. The van der Waals surface area contributed by atoms with Gasteiger partial charge >= 0.3 is 0 Å². The predicted octanol–water partition coefficient (Wildman–Crippen LogP) is 2.31. The first-order valence-corrected chi connectivity index (χ1v) is 9.42. The van der Waals surface area contributed by atoms with Gasteiger partial charge in [-0.25, -0.2) is 8.42 Å². The Morgan fingerprint density at radius 1 is 1.22 bits per heavy atom. The second kappa shape index (κ2) is 6.61. The summed E-state index contributed by atoms with van der Waals surface area (Å²) < 4.78 is 26.8. The van der Waals surface area contributed by atoms with Crippen LogP contribution in [0.3, 0.4) is 0 Å². The summed E-state index contributed by atoms with van der Waals surface area (Å²) in [5, 5.41) is 2.97. The summed E-state index contributed by atoms with van der Waals surface area (Å²) >= 11 is 0. The summed E-state index contributed by atoms with van der Waals surface area (Å²) in [6, 6.07) is 6.95. The molecule has 2 rings (SSSR count). The average Bonchev–Trinajstić information content (AvgIpc) is 2.45. The van der Waals surface area contributed by atoms with Crippen molar-refractivity contribution >= 4 is 15.9 Å². The Kier molecular flexibility index (Phi) is 5.16. The lowest BCUT2D eigenvalue weighted by atomic mass is 9.96. The average molecular weight is 338 g/mol. The molecule has 23 heavy (non-hydrogen) atoms. The van der Waals surface area contributed by atoms with Crippen molar-refractivity contribution in [2.75, 3.05) is 13.1 Å². The Hall–Kier alpha value is -1.40. The number of amides is 1. The molecule has 1 fully saturated rings. The molecule has 5 nitrogen and oxygen atoms in total. The van der Waals surface area contributed by atoms with E-state index in [0.717, 1.165) is 5.56 Å². The maximum atomic E-state index is 12.7. The Balaban J connectivity index is 2.03. The number of carbonyl (C=O) groups excluding carboxylic acids is 1. The van der Waals surface area contributed by atoms with Crippen LogP contribution in [-0.4, -0.2) is 37.3 Å². The Bertz CT molecular complexity index is 669. The molecule has 0 atom stereocenters. The maximum absolute atomic E-state index is 12.7. The normalized spacial score (nSPS) is 17.9. The van der Waals surface area contributed by atoms with Gasteiger partial charge in [-0.2, -0.15) is 4.31 Å². The fourth-order valence-electron chi connectivity index (χ4n) is 2.75. The van der Waals surface area contributed by atoms with Crippen LogP contribution in [-0.2, 0) is 14.8 Å². The number of rotatable bonds is 3. The molecule has 1 N–H and O–H groups in total. The molecule has 128 valence electrons. The molecule has 1 aromatic carbocycles. The van der Waals surface area contributed by atoms with E-state index in [0.29, 0.717) is 30.8 Å². The van der Waals surface area contributed by atoms with Gasteiger partial charge in [0.15, 0.2) is 0 Å². The number of sulfonamides is 1. The smallest absolute Gasteiger partial charge is 0.243 e. The van der Waals surface area contributed by atoms with Crippen molar-refractivity contribution in [2.24, 2.45) is 5.92 Å². The van der Waals surface area contributed by atoms with Crippen LogP contribution in [0.15, 0.2) is 29.2 Å². The standard InChI is InChI=1S/C17H26N2O3S/c1-13-6-5-7-15(12-13)23(21,22)19-10-8-14(9-11-19)16(20)18-17(2,3)4/h5-7,12,14H,8-11H2,1-4H3,(H,18,20). The lowest BCUT2D eigenvalue weighted by Gasteiger charge is -2.32. The first-order valence-electron chi connectivity index (χ1n) is 7.98. The van der Waals surface area contributed by atoms with Crippen molar-refractivity contribution < 1.29 is 13.2 Å². The van der Waals surface area contributed by atoms with Gasteiger partial charge < -0.3 is 5.32 Å². The third-order valence-electron chi connectivity index (χ3n) is 3.95. The van der Waals surface area contributed by atoms with Crippen LogP contribution >= 0.6 is 0 Å². The van der Waals surface area contributed by atoms with Gasteiger partial charge in [-0.15, -0.1) is 0 Å². The number of hydrogen-bond donors (Lipinski definition) is 1. The van der Waals surface area contributed by atoms with Crippen molar-refractivity contribution in [1.82, 2.24) is 9.62 Å². The molecular weight excluding hydrogens is 312 g/mol. The minimum absolute atomic E-state index is 0.0186. The third kappa shape index (κ3) is 4.54. The van der Waals surface area contributed by atoms with E-state index in [1.807, 2.05) is 33.8 Å². The second-order valence-electron chi connectivity index (χ2n) is 7.23. The van der Waals surface area contributed by atoms with Crippen LogP contribution in [0.2, 0.25) is 0 Å². The molecule has 0 unspecified atom stereocenters. The molecular formula is C17H26N2O3S. The summed E-state index contributed by atoms with van der Waals surface area (Å²) in [5.41, 5.74) is 0.660. The van der Waals surface area contributed by atoms with Crippen LogP contribution in [0.5, 0.6) is 0 Å². The van der Waals surface area contributed by atoms with Crippen LogP contribution in [0, 0.1) is 12.8 Å². The molecule has 6 heteroatoms. The molecule has 1 aliphatic heterocycles. The monoisotopic (exact) mass is 338 g/mol. The van der Waals surface area contributed by atoms with Crippen LogP contribution in [0.1, 0.15) is 39.2 Å².